The van der Waals surface area contributed by atoms with Crippen molar-refractivity contribution in [1.82, 2.24) is 10.3 Å². The highest BCUT2D eigenvalue weighted by Crippen LogP contribution is 2.35. The molecule has 124 valence electrons. The van der Waals surface area contributed by atoms with Crippen LogP contribution in [0.3, 0.4) is 0 Å². The molecule has 1 aromatic carbocycles. The third-order valence-electron chi connectivity index (χ3n) is 3.45. The van der Waals surface area contributed by atoms with Crippen LogP contribution < -0.4 is 20.5 Å². The molecule has 2 rings (SSSR count). The maximum absolute atomic E-state index is 5.79. The minimum Gasteiger partial charge on any atom is -0.496 e. The Labute approximate surface area is 141 Å². The molecule has 0 saturated carbocycles. The summed E-state index contributed by atoms with van der Waals surface area (Å²) in [4.78, 5) is 4.37. The summed E-state index contributed by atoms with van der Waals surface area (Å²) in [5.74, 6) is 3.11. The largest absolute Gasteiger partial charge is 0.496 e. The van der Waals surface area contributed by atoms with Crippen molar-refractivity contribution in [1.29, 1.82) is 0 Å². The fraction of sp³-hybridized carbons (Fsp3) is 0.353. The predicted molar refractivity (Wildman–Crippen MR) is 97.3 cm³/mol. The fourth-order valence-corrected chi connectivity index (χ4v) is 2.65. The van der Waals surface area contributed by atoms with Gasteiger partial charge in [0.2, 0.25) is 0 Å². The molecule has 0 unspecified atom stereocenters. The first kappa shape index (κ1) is 17.4. The monoisotopic (exact) mass is 333 g/mol. The van der Waals surface area contributed by atoms with E-state index in [-0.39, 0.29) is 0 Å². The van der Waals surface area contributed by atoms with Crippen molar-refractivity contribution in [2.45, 2.75) is 6.54 Å². The highest BCUT2D eigenvalue weighted by molar-refractivity contribution is 7.98. The molecule has 0 saturated heterocycles. The molecule has 1 aromatic heterocycles. The molecule has 0 aliphatic heterocycles. The Balaban J connectivity index is 2.33. The van der Waals surface area contributed by atoms with Gasteiger partial charge < -0.3 is 20.5 Å². The molecule has 0 spiro atoms. The third-order valence-corrected chi connectivity index (χ3v) is 4.06. The van der Waals surface area contributed by atoms with E-state index < -0.39 is 0 Å². The quantitative estimate of drug-likeness (QED) is 0.724. The van der Waals surface area contributed by atoms with Gasteiger partial charge >= 0.3 is 0 Å². The molecule has 0 bridgehead atoms. The lowest BCUT2D eigenvalue weighted by atomic mass is 10.0. The van der Waals surface area contributed by atoms with Crippen LogP contribution in [-0.2, 0) is 6.54 Å². The zero-order chi connectivity index (χ0) is 16.7. The number of nitrogens with two attached hydrogens (primary N) is 1. The number of methoxy groups -OCH3 is 2. The molecule has 0 fully saturated rings. The minimum absolute atomic E-state index is 0.478. The van der Waals surface area contributed by atoms with Crippen molar-refractivity contribution in [3.63, 3.8) is 0 Å². The highest BCUT2D eigenvalue weighted by Gasteiger charge is 2.14. The number of rotatable bonds is 8. The Kier molecular flexibility index (Phi) is 6.55. The Morgan fingerprint density at radius 2 is 1.96 bits per heavy atom. The van der Waals surface area contributed by atoms with E-state index in [1.54, 1.807) is 20.3 Å². The standard InChI is InChI=1S/C17H23N3O2S/c1-21-15-10-13(14-5-4-6-17(18)20-14)16(22-2)9-12(15)11-19-7-8-23-3/h4-6,9-10,19H,7-8,11H2,1-3H3,(H2,18,20). The molecular formula is C17H23N3O2S. The van der Waals surface area contributed by atoms with Crippen molar-refractivity contribution in [3.05, 3.63) is 35.9 Å². The molecule has 0 radical (unpaired) electrons. The van der Waals surface area contributed by atoms with Gasteiger partial charge in [-0.25, -0.2) is 4.98 Å². The second-order valence-electron chi connectivity index (χ2n) is 4.98. The van der Waals surface area contributed by atoms with Gasteiger partial charge in [-0.15, -0.1) is 0 Å². The normalized spacial score (nSPS) is 10.6. The van der Waals surface area contributed by atoms with Gasteiger partial charge in [0.05, 0.1) is 19.9 Å². The van der Waals surface area contributed by atoms with Gasteiger partial charge in [0.25, 0.3) is 0 Å². The third kappa shape index (κ3) is 4.53. The van der Waals surface area contributed by atoms with Gasteiger partial charge in [-0.1, -0.05) is 6.07 Å². The lowest BCUT2D eigenvalue weighted by Crippen LogP contribution is -2.17. The van der Waals surface area contributed by atoms with E-state index in [1.807, 2.05) is 36.0 Å². The van der Waals surface area contributed by atoms with E-state index in [4.69, 9.17) is 15.2 Å². The molecule has 0 aliphatic carbocycles. The summed E-state index contributed by atoms with van der Waals surface area (Å²) in [6, 6.07) is 9.49. The van der Waals surface area contributed by atoms with E-state index in [9.17, 15) is 0 Å². The van der Waals surface area contributed by atoms with Gasteiger partial charge in [-0.05, 0) is 30.5 Å². The number of hydrogen-bond acceptors (Lipinski definition) is 6. The Bertz CT molecular complexity index is 650. The maximum atomic E-state index is 5.79. The summed E-state index contributed by atoms with van der Waals surface area (Å²) < 4.78 is 11.1. The Morgan fingerprint density at radius 1 is 1.17 bits per heavy atom. The van der Waals surface area contributed by atoms with Crippen LogP contribution in [-0.4, -0.2) is 37.8 Å². The van der Waals surface area contributed by atoms with Crippen LogP contribution in [0.5, 0.6) is 11.5 Å². The van der Waals surface area contributed by atoms with Gasteiger partial charge in [0.15, 0.2) is 0 Å². The summed E-state index contributed by atoms with van der Waals surface area (Å²) in [7, 11) is 3.33. The van der Waals surface area contributed by atoms with E-state index in [2.05, 4.69) is 16.6 Å². The second-order valence-corrected chi connectivity index (χ2v) is 5.97. The van der Waals surface area contributed by atoms with Crippen molar-refractivity contribution in [2.75, 3.05) is 38.5 Å². The molecule has 0 amide bonds. The summed E-state index contributed by atoms with van der Waals surface area (Å²) in [6.07, 6.45) is 2.10. The molecule has 0 aliphatic rings. The number of benzene rings is 1. The van der Waals surface area contributed by atoms with Gasteiger partial charge in [-0.2, -0.15) is 11.8 Å². The second kappa shape index (κ2) is 8.64. The summed E-state index contributed by atoms with van der Waals surface area (Å²) in [5, 5.41) is 3.40. The van der Waals surface area contributed by atoms with E-state index in [1.165, 1.54) is 0 Å². The topological polar surface area (TPSA) is 69.4 Å². The number of anilines is 1. The zero-order valence-electron chi connectivity index (χ0n) is 13.8. The number of nitrogen functional groups attached to an aromatic ring is 1. The number of nitrogens with zero attached hydrogens (tertiary/aromatic N) is 1. The molecule has 3 N–H and O–H groups in total. The SMILES string of the molecule is COc1cc(-c2cccc(N)n2)c(OC)cc1CNCCSC. The fourth-order valence-electron chi connectivity index (χ4n) is 2.30. The van der Waals surface area contributed by atoms with E-state index in [0.29, 0.717) is 5.82 Å². The smallest absolute Gasteiger partial charge is 0.128 e. The first-order valence-electron chi connectivity index (χ1n) is 7.37. The maximum Gasteiger partial charge on any atom is 0.128 e. The molecular weight excluding hydrogens is 310 g/mol. The van der Waals surface area contributed by atoms with Crippen molar-refractivity contribution < 1.29 is 9.47 Å². The van der Waals surface area contributed by atoms with Crippen molar-refractivity contribution in [3.8, 4) is 22.8 Å². The van der Waals surface area contributed by atoms with Gasteiger partial charge in [0, 0.05) is 30.0 Å². The predicted octanol–water partition coefficient (Wildman–Crippen LogP) is 2.80. The van der Waals surface area contributed by atoms with Crippen molar-refractivity contribution >= 4 is 17.6 Å². The van der Waals surface area contributed by atoms with Crippen LogP contribution in [0.1, 0.15) is 5.56 Å². The van der Waals surface area contributed by atoms with Crippen LogP contribution in [0.15, 0.2) is 30.3 Å². The lowest BCUT2D eigenvalue weighted by molar-refractivity contribution is 0.398. The van der Waals surface area contributed by atoms with E-state index >= 15 is 0 Å². The van der Waals surface area contributed by atoms with Crippen LogP contribution in [0, 0.1) is 0 Å². The Hall–Kier alpha value is -1.92. The van der Waals surface area contributed by atoms with Gasteiger partial charge in [0.1, 0.15) is 17.3 Å². The average Bonchev–Trinajstić information content (AvgIpc) is 2.58. The number of aromatic nitrogens is 1. The molecule has 2 aromatic rings. The van der Waals surface area contributed by atoms with Crippen molar-refractivity contribution in [2.24, 2.45) is 0 Å². The zero-order valence-corrected chi connectivity index (χ0v) is 14.6. The van der Waals surface area contributed by atoms with Gasteiger partial charge in [-0.3, -0.25) is 0 Å². The lowest BCUT2D eigenvalue weighted by Gasteiger charge is -2.15. The molecule has 1 heterocycles. The number of thioether (sulfide) groups is 1. The number of pyridine rings is 1. The first-order chi connectivity index (χ1) is 11.2. The highest BCUT2D eigenvalue weighted by atomic mass is 32.2. The van der Waals surface area contributed by atoms with Crippen LogP contribution >= 0.6 is 11.8 Å². The number of ether oxygens (including phenoxy) is 2. The molecule has 6 heteroatoms. The number of hydrogen-bond donors (Lipinski definition) is 2. The average molecular weight is 333 g/mol. The van der Waals surface area contributed by atoms with Crippen LogP contribution in [0.4, 0.5) is 5.82 Å². The molecule has 23 heavy (non-hydrogen) atoms. The number of nitrogens with one attached hydrogen (secondary N) is 1. The summed E-state index contributed by atoms with van der Waals surface area (Å²) in [5.41, 5.74) is 8.47. The summed E-state index contributed by atoms with van der Waals surface area (Å²) >= 11 is 1.82. The minimum atomic E-state index is 0.478. The first-order valence-corrected chi connectivity index (χ1v) is 8.76. The van der Waals surface area contributed by atoms with E-state index in [0.717, 1.165) is 47.2 Å². The molecule has 5 nitrogen and oxygen atoms in total. The molecule has 0 atom stereocenters. The Morgan fingerprint density at radius 3 is 2.61 bits per heavy atom. The summed E-state index contributed by atoms with van der Waals surface area (Å²) in [6.45, 7) is 1.68. The van der Waals surface area contributed by atoms with Crippen LogP contribution in [0.25, 0.3) is 11.3 Å². The van der Waals surface area contributed by atoms with Crippen LogP contribution in [0.2, 0.25) is 0 Å².